The van der Waals surface area contributed by atoms with Crippen LogP contribution in [0.3, 0.4) is 0 Å². The average molecular weight is 218 g/mol. The zero-order valence-corrected chi connectivity index (χ0v) is 9.89. The van der Waals surface area contributed by atoms with Crippen molar-refractivity contribution in [3.63, 3.8) is 0 Å². The minimum Gasteiger partial charge on any atom is -0.300 e. The Hall–Kier alpha value is -1.22. The predicted octanol–water partition coefficient (Wildman–Crippen LogP) is 2.20. The minimum atomic E-state index is 0.296. The van der Waals surface area contributed by atoms with Gasteiger partial charge in [0.25, 0.3) is 0 Å². The van der Waals surface area contributed by atoms with Crippen molar-refractivity contribution >= 4 is 5.78 Å². The van der Waals surface area contributed by atoms with E-state index in [0.29, 0.717) is 30.7 Å². The Kier molecular flexibility index (Phi) is 3.34. The van der Waals surface area contributed by atoms with Gasteiger partial charge in [-0.2, -0.15) is 0 Å². The van der Waals surface area contributed by atoms with Gasteiger partial charge in [-0.25, -0.2) is 0 Å². The second-order valence-corrected chi connectivity index (χ2v) is 4.51. The van der Waals surface area contributed by atoms with Crippen molar-refractivity contribution in [3.8, 4) is 0 Å². The standard InChI is InChI=1S/C13H18N2O/c1-10-9-12(16)6-8-15(10)11(2)13-5-3-4-7-14-13/h3-5,7,10-11H,6,8-9H2,1-2H3. The summed E-state index contributed by atoms with van der Waals surface area (Å²) in [6.45, 7) is 5.14. The largest absolute Gasteiger partial charge is 0.300 e. The third-order valence-electron chi connectivity index (χ3n) is 3.35. The molecule has 1 saturated heterocycles. The Bertz CT molecular complexity index is 363. The molecule has 0 spiro atoms. The van der Waals surface area contributed by atoms with E-state index in [1.807, 2.05) is 24.4 Å². The highest BCUT2D eigenvalue weighted by molar-refractivity contribution is 5.79. The van der Waals surface area contributed by atoms with Gasteiger partial charge in [0.1, 0.15) is 5.78 Å². The Morgan fingerprint density at radius 1 is 1.50 bits per heavy atom. The summed E-state index contributed by atoms with van der Waals surface area (Å²) >= 11 is 0. The molecule has 0 N–H and O–H groups in total. The topological polar surface area (TPSA) is 33.2 Å². The molecule has 1 fully saturated rings. The van der Waals surface area contributed by atoms with Gasteiger partial charge in [0, 0.05) is 37.7 Å². The first-order chi connectivity index (χ1) is 7.68. The molecule has 1 aromatic rings. The zero-order valence-electron chi connectivity index (χ0n) is 9.89. The molecule has 0 aromatic carbocycles. The van der Waals surface area contributed by atoms with E-state index in [-0.39, 0.29) is 0 Å². The lowest BCUT2D eigenvalue weighted by Gasteiger charge is -2.37. The summed E-state index contributed by atoms with van der Waals surface area (Å²) in [6.07, 6.45) is 3.18. The van der Waals surface area contributed by atoms with Crippen LogP contribution in [0.15, 0.2) is 24.4 Å². The summed E-state index contributed by atoms with van der Waals surface area (Å²) in [6, 6.07) is 6.62. The maximum absolute atomic E-state index is 11.3. The van der Waals surface area contributed by atoms with Gasteiger partial charge in [-0.15, -0.1) is 0 Å². The van der Waals surface area contributed by atoms with Gasteiger partial charge in [0.15, 0.2) is 0 Å². The van der Waals surface area contributed by atoms with Crippen molar-refractivity contribution in [3.05, 3.63) is 30.1 Å². The number of ketones is 1. The SMILES string of the molecule is CC1CC(=O)CCN1C(C)c1ccccn1. The van der Waals surface area contributed by atoms with Crippen LogP contribution in [-0.2, 0) is 4.79 Å². The van der Waals surface area contributed by atoms with Gasteiger partial charge in [-0.05, 0) is 26.0 Å². The number of carbonyl (C=O) groups excluding carboxylic acids is 1. The molecule has 0 bridgehead atoms. The van der Waals surface area contributed by atoms with Crippen LogP contribution in [0.2, 0.25) is 0 Å². The van der Waals surface area contributed by atoms with Gasteiger partial charge >= 0.3 is 0 Å². The highest BCUT2D eigenvalue weighted by Gasteiger charge is 2.28. The molecule has 0 aliphatic carbocycles. The lowest BCUT2D eigenvalue weighted by Crippen LogP contribution is -2.42. The van der Waals surface area contributed by atoms with Gasteiger partial charge in [0.05, 0.1) is 5.69 Å². The molecule has 0 radical (unpaired) electrons. The van der Waals surface area contributed by atoms with Crippen LogP contribution in [0.4, 0.5) is 0 Å². The molecule has 16 heavy (non-hydrogen) atoms. The summed E-state index contributed by atoms with van der Waals surface area (Å²) in [5, 5.41) is 0. The van der Waals surface area contributed by atoms with Crippen molar-refractivity contribution in [2.75, 3.05) is 6.54 Å². The molecule has 1 aliphatic heterocycles. The molecular weight excluding hydrogens is 200 g/mol. The van der Waals surface area contributed by atoms with Crippen molar-refractivity contribution in [2.45, 2.75) is 38.8 Å². The van der Waals surface area contributed by atoms with E-state index in [1.165, 1.54) is 0 Å². The average Bonchev–Trinajstić information content (AvgIpc) is 2.29. The smallest absolute Gasteiger partial charge is 0.135 e. The normalized spacial score (nSPS) is 24.4. The van der Waals surface area contributed by atoms with Crippen molar-refractivity contribution in [1.82, 2.24) is 9.88 Å². The molecule has 2 heterocycles. The van der Waals surface area contributed by atoms with E-state index in [2.05, 4.69) is 23.7 Å². The molecule has 3 heteroatoms. The second kappa shape index (κ2) is 4.74. The van der Waals surface area contributed by atoms with Crippen molar-refractivity contribution < 1.29 is 4.79 Å². The number of pyridine rings is 1. The highest BCUT2D eigenvalue weighted by Crippen LogP contribution is 2.25. The number of carbonyl (C=O) groups is 1. The van der Waals surface area contributed by atoms with Gasteiger partial charge in [-0.3, -0.25) is 14.7 Å². The Morgan fingerprint density at radius 2 is 2.31 bits per heavy atom. The highest BCUT2D eigenvalue weighted by atomic mass is 16.1. The fraction of sp³-hybridized carbons (Fsp3) is 0.538. The Labute approximate surface area is 96.5 Å². The van der Waals surface area contributed by atoms with E-state index >= 15 is 0 Å². The summed E-state index contributed by atoms with van der Waals surface area (Å²) in [7, 11) is 0. The predicted molar refractivity (Wildman–Crippen MR) is 63.1 cm³/mol. The molecule has 2 rings (SSSR count). The first-order valence-electron chi connectivity index (χ1n) is 5.87. The molecule has 2 unspecified atom stereocenters. The fourth-order valence-corrected chi connectivity index (χ4v) is 2.39. The van der Waals surface area contributed by atoms with Crippen LogP contribution in [0, 0.1) is 0 Å². The van der Waals surface area contributed by atoms with Crippen molar-refractivity contribution in [2.24, 2.45) is 0 Å². The van der Waals surface area contributed by atoms with E-state index in [9.17, 15) is 4.79 Å². The molecule has 0 saturated carbocycles. The van der Waals surface area contributed by atoms with Gasteiger partial charge in [0.2, 0.25) is 0 Å². The lowest BCUT2D eigenvalue weighted by molar-refractivity contribution is -0.123. The number of Topliss-reactive ketones (excluding diaryl/α,β-unsaturated/α-hetero) is 1. The number of aromatic nitrogens is 1. The lowest BCUT2D eigenvalue weighted by atomic mass is 9.99. The maximum atomic E-state index is 11.3. The summed E-state index contributed by atoms with van der Waals surface area (Å²) in [5.74, 6) is 0.386. The van der Waals surface area contributed by atoms with Crippen molar-refractivity contribution in [1.29, 1.82) is 0 Å². The summed E-state index contributed by atoms with van der Waals surface area (Å²) in [5.41, 5.74) is 1.09. The van der Waals surface area contributed by atoms with Crippen LogP contribution in [0.25, 0.3) is 0 Å². The fourth-order valence-electron chi connectivity index (χ4n) is 2.39. The third-order valence-corrected chi connectivity index (χ3v) is 3.35. The minimum absolute atomic E-state index is 0.296. The molecule has 1 aliphatic rings. The second-order valence-electron chi connectivity index (χ2n) is 4.51. The third kappa shape index (κ3) is 2.30. The molecule has 0 amide bonds. The number of piperidine rings is 1. The maximum Gasteiger partial charge on any atom is 0.135 e. The first kappa shape index (κ1) is 11.3. The zero-order chi connectivity index (χ0) is 11.5. The number of nitrogens with zero attached hydrogens (tertiary/aromatic N) is 2. The van der Waals surface area contributed by atoms with E-state index in [4.69, 9.17) is 0 Å². The van der Waals surface area contributed by atoms with E-state index in [0.717, 1.165) is 12.2 Å². The Balaban J connectivity index is 2.10. The van der Waals surface area contributed by atoms with E-state index in [1.54, 1.807) is 0 Å². The number of hydrogen-bond donors (Lipinski definition) is 0. The molecule has 3 nitrogen and oxygen atoms in total. The van der Waals surface area contributed by atoms with Gasteiger partial charge in [-0.1, -0.05) is 6.07 Å². The molecule has 1 aromatic heterocycles. The monoisotopic (exact) mass is 218 g/mol. The molecule has 2 atom stereocenters. The number of likely N-dealkylation sites (tertiary alicyclic amines) is 1. The van der Waals surface area contributed by atoms with E-state index < -0.39 is 0 Å². The van der Waals surface area contributed by atoms with Crippen LogP contribution < -0.4 is 0 Å². The Morgan fingerprint density at radius 3 is 2.94 bits per heavy atom. The number of rotatable bonds is 2. The summed E-state index contributed by atoms with van der Waals surface area (Å²) < 4.78 is 0. The van der Waals surface area contributed by atoms with Crippen LogP contribution in [0.5, 0.6) is 0 Å². The van der Waals surface area contributed by atoms with Crippen LogP contribution >= 0.6 is 0 Å². The molecule has 86 valence electrons. The van der Waals surface area contributed by atoms with Crippen LogP contribution in [0.1, 0.15) is 38.4 Å². The van der Waals surface area contributed by atoms with Crippen LogP contribution in [-0.4, -0.2) is 28.3 Å². The molecular formula is C13H18N2O. The quantitative estimate of drug-likeness (QED) is 0.763. The summed E-state index contributed by atoms with van der Waals surface area (Å²) in [4.78, 5) is 18.1. The number of hydrogen-bond acceptors (Lipinski definition) is 3. The first-order valence-corrected chi connectivity index (χ1v) is 5.87. The van der Waals surface area contributed by atoms with Gasteiger partial charge < -0.3 is 0 Å².